The fourth-order valence-electron chi connectivity index (χ4n) is 4.47. The van der Waals surface area contributed by atoms with Gasteiger partial charge in [-0.05, 0) is 43.4 Å². The van der Waals surface area contributed by atoms with Crippen LogP contribution in [0.1, 0.15) is 63.9 Å². The molecule has 0 aromatic heterocycles. The van der Waals surface area contributed by atoms with E-state index in [1.54, 1.807) is 24.3 Å². The molecule has 11 nitrogen and oxygen atoms in total. The number of aldehydes is 1. The SMILES string of the molecule is CCS(=O)(=O)NCCN(C)C(=O)CCC(C=O)NC(=O)C(CC1CCCCC1)NC(=O)OCc1cccc(Cl)c1. The fourth-order valence-corrected chi connectivity index (χ4v) is 5.29. The van der Waals surface area contributed by atoms with Crippen molar-refractivity contribution in [3.05, 3.63) is 34.9 Å². The minimum Gasteiger partial charge on any atom is -0.445 e. The van der Waals surface area contributed by atoms with Crippen molar-refractivity contribution < 1.29 is 32.3 Å². The number of ether oxygens (including phenoxy) is 1. The number of nitrogens with one attached hydrogen (secondary N) is 3. The van der Waals surface area contributed by atoms with Gasteiger partial charge in [0.1, 0.15) is 18.9 Å². The van der Waals surface area contributed by atoms with Gasteiger partial charge in [-0.3, -0.25) is 9.59 Å². The van der Waals surface area contributed by atoms with Crippen LogP contribution in [0.5, 0.6) is 0 Å². The van der Waals surface area contributed by atoms with Gasteiger partial charge in [0, 0.05) is 31.6 Å². The van der Waals surface area contributed by atoms with Crippen LogP contribution in [0.15, 0.2) is 24.3 Å². The van der Waals surface area contributed by atoms with E-state index in [0.29, 0.717) is 23.3 Å². The number of benzene rings is 1. The van der Waals surface area contributed by atoms with Gasteiger partial charge >= 0.3 is 6.09 Å². The number of carbonyl (C=O) groups excluding carboxylic acids is 4. The number of hydrogen-bond donors (Lipinski definition) is 3. The third-order valence-electron chi connectivity index (χ3n) is 6.90. The molecule has 3 N–H and O–H groups in total. The molecule has 0 saturated heterocycles. The molecule has 0 bridgehead atoms. The normalized spacial score (nSPS) is 15.5. The van der Waals surface area contributed by atoms with Crippen molar-refractivity contribution in [1.29, 1.82) is 0 Å². The summed E-state index contributed by atoms with van der Waals surface area (Å²) in [4.78, 5) is 51.3. The number of alkyl carbamates (subject to hydrolysis) is 1. The first-order valence-electron chi connectivity index (χ1n) is 13.7. The molecule has 13 heteroatoms. The van der Waals surface area contributed by atoms with Crippen molar-refractivity contribution in [2.24, 2.45) is 5.92 Å². The zero-order valence-corrected chi connectivity index (χ0v) is 24.8. The zero-order valence-electron chi connectivity index (χ0n) is 23.2. The van der Waals surface area contributed by atoms with Crippen molar-refractivity contribution in [3.8, 4) is 0 Å². The third-order valence-corrected chi connectivity index (χ3v) is 8.54. The second kappa shape index (κ2) is 17.2. The molecule has 2 unspecified atom stereocenters. The Morgan fingerprint density at radius 2 is 1.90 bits per heavy atom. The molecule has 224 valence electrons. The average molecular weight is 601 g/mol. The van der Waals surface area contributed by atoms with Gasteiger partial charge in [0.05, 0.1) is 11.8 Å². The maximum absolute atomic E-state index is 13.2. The molecule has 1 aliphatic carbocycles. The van der Waals surface area contributed by atoms with Crippen LogP contribution in [0.3, 0.4) is 0 Å². The second-order valence-electron chi connectivity index (χ2n) is 10.0. The molecular formula is C27H41ClN4O7S. The molecule has 1 saturated carbocycles. The van der Waals surface area contributed by atoms with Crippen LogP contribution in [-0.2, 0) is 35.8 Å². The minimum absolute atomic E-state index is 0.0172. The first kappa shape index (κ1) is 33.5. The Balaban J connectivity index is 1.91. The summed E-state index contributed by atoms with van der Waals surface area (Å²) in [6, 6.07) is 5.07. The maximum Gasteiger partial charge on any atom is 0.408 e. The van der Waals surface area contributed by atoms with Gasteiger partial charge in [-0.15, -0.1) is 0 Å². The van der Waals surface area contributed by atoms with Gasteiger partial charge in [0.25, 0.3) is 0 Å². The molecule has 0 spiro atoms. The lowest BCUT2D eigenvalue weighted by atomic mass is 9.84. The smallest absolute Gasteiger partial charge is 0.408 e. The van der Waals surface area contributed by atoms with Crippen molar-refractivity contribution in [2.75, 3.05) is 25.9 Å². The number of carbonyl (C=O) groups is 4. The summed E-state index contributed by atoms with van der Waals surface area (Å²) in [5.41, 5.74) is 0.703. The summed E-state index contributed by atoms with van der Waals surface area (Å²) in [6.45, 7) is 1.75. The average Bonchev–Trinajstić information content (AvgIpc) is 2.94. The lowest BCUT2D eigenvalue weighted by Gasteiger charge is -2.27. The molecular weight excluding hydrogens is 560 g/mol. The van der Waals surface area contributed by atoms with Crippen LogP contribution in [0, 0.1) is 5.92 Å². The van der Waals surface area contributed by atoms with Crippen molar-refractivity contribution in [1.82, 2.24) is 20.3 Å². The molecule has 0 radical (unpaired) electrons. The maximum atomic E-state index is 13.2. The van der Waals surface area contributed by atoms with Crippen molar-refractivity contribution >= 4 is 45.8 Å². The number of likely N-dealkylation sites (N-methyl/N-ethyl adjacent to an activating group) is 1. The molecule has 3 amide bonds. The Morgan fingerprint density at radius 1 is 1.18 bits per heavy atom. The largest absolute Gasteiger partial charge is 0.445 e. The monoisotopic (exact) mass is 600 g/mol. The van der Waals surface area contributed by atoms with Gasteiger partial charge in [0.2, 0.25) is 21.8 Å². The summed E-state index contributed by atoms with van der Waals surface area (Å²) >= 11 is 5.98. The van der Waals surface area contributed by atoms with E-state index in [4.69, 9.17) is 16.3 Å². The van der Waals surface area contributed by atoms with Crippen molar-refractivity contribution in [2.45, 2.75) is 77.0 Å². The first-order chi connectivity index (χ1) is 19.0. The molecule has 1 fully saturated rings. The molecule has 1 aromatic rings. The molecule has 0 aliphatic heterocycles. The number of nitrogens with zero attached hydrogens (tertiary/aromatic N) is 1. The van der Waals surface area contributed by atoms with E-state index in [9.17, 15) is 27.6 Å². The number of hydrogen-bond acceptors (Lipinski definition) is 7. The second-order valence-corrected chi connectivity index (χ2v) is 12.6. The predicted octanol–water partition coefficient (Wildman–Crippen LogP) is 2.77. The first-order valence-corrected chi connectivity index (χ1v) is 15.7. The molecule has 2 atom stereocenters. The number of amides is 3. The molecule has 2 rings (SSSR count). The highest BCUT2D eigenvalue weighted by Gasteiger charge is 2.28. The number of sulfonamides is 1. The van der Waals surface area contributed by atoms with E-state index in [-0.39, 0.29) is 50.1 Å². The zero-order chi connectivity index (χ0) is 29.5. The Bertz CT molecular complexity index is 1100. The van der Waals surface area contributed by atoms with E-state index in [0.717, 1.165) is 32.1 Å². The van der Waals surface area contributed by atoms with Crippen LogP contribution in [0.4, 0.5) is 4.79 Å². The van der Waals surface area contributed by atoms with Crippen LogP contribution in [-0.4, -0.2) is 75.5 Å². The van der Waals surface area contributed by atoms with Gasteiger partial charge in [-0.2, -0.15) is 0 Å². The number of halogens is 1. The summed E-state index contributed by atoms with van der Waals surface area (Å²) in [5.74, 6) is -0.607. The van der Waals surface area contributed by atoms with Gasteiger partial charge in [-0.25, -0.2) is 17.9 Å². The Kier molecular flexibility index (Phi) is 14.4. The highest BCUT2D eigenvalue weighted by atomic mass is 35.5. The highest BCUT2D eigenvalue weighted by molar-refractivity contribution is 7.89. The predicted molar refractivity (Wildman–Crippen MR) is 152 cm³/mol. The van der Waals surface area contributed by atoms with E-state index >= 15 is 0 Å². The third kappa shape index (κ3) is 12.6. The lowest BCUT2D eigenvalue weighted by Crippen LogP contribution is -2.51. The highest BCUT2D eigenvalue weighted by Crippen LogP contribution is 2.27. The Hall–Kier alpha value is -2.70. The minimum atomic E-state index is -3.36. The van der Waals surface area contributed by atoms with Crippen LogP contribution < -0.4 is 15.4 Å². The molecule has 1 aliphatic rings. The molecule has 40 heavy (non-hydrogen) atoms. The summed E-state index contributed by atoms with van der Waals surface area (Å²) < 4.78 is 30.8. The van der Waals surface area contributed by atoms with Crippen LogP contribution >= 0.6 is 11.6 Å². The lowest BCUT2D eigenvalue weighted by molar-refractivity contribution is -0.131. The standard InChI is InChI=1S/C27H41ClN4O7S/c1-3-40(37,38)29-14-15-32(2)25(34)13-12-23(18-33)30-26(35)24(17-20-8-5-4-6-9-20)31-27(36)39-19-21-10-7-11-22(28)16-21/h7,10-11,16,18,20,23-24,29H,3-6,8-9,12-15,17,19H2,1-2H3,(H,30,35)(H,31,36). The summed E-state index contributed by atoms with van der Waals surface area (Å²) in [7, 11) is -1.82. The van der Waals surface area contributed by atoms with Crippen LogP contribution in [0.2, 0.25) is 5.02 Å². The molecule has 1 aromatic carbocycles. The summed E-state index contributed by atoms with van der Waals surface area (Å²) in [6.07, 6.45) is 5.43. The van der Waals surface area contributed by atoms with Gasteiger partial charge < -0.3 is 25.1 Å². The molecule has 0 heterocycles. The quantitative estimate of drug-likeness (QED) is 0.247. The Morgan fingerprint density at radius 3 is 2.55 bits per heavy atom. The van der Waals surface area contributed by atoms with E-state index in [1.165, 1.54) is 18.9 Å². The fraction of sp³-hybridized carbons (Fsp3) is 0.630. The van der Waals surface area contributed by atoms with Crippen molar-refractivity contribution in [3.63, 3.8) is 0 Å². The van der Waals surface area contributed by atoms with E-state index in [2.05, 4.69) is 15.4 Å². The number of rotatable bonds is 16. The summed E-state index contributed by atoms with van der Waals surface area (Å²) in [5, 5.41) is 5.81. The van der Waals surface area contributed by atoms with Gasteiger partial charge in [-0.1, -0.05) is 55.8 Å². The topological polar surface area (TPSA) is 151 Å². The Labute approximate surface area is 241 Å². The van der Waals surface area contributed by atoms with E-state index < -0.39 is 34.1 Å². The van der Waals surface area contributed by atoms with Crippen LogP contribution in [0.25, 0.3) is 0 Å². The van der Waals surface area contributed by atoms with Gasteiger partial charge in [0.15, 0.2) is 0 Å². The van der Waals surface area contributed by atoms with E-state index in [1.807, 2.05) is 0 Å².